The molecule has 0 aliphatic rings. The highest BCUT2D eigenvalue weighted by atomic mass is 35.5. The topological polar surface area (TPSA) is 59.8 Å². The maximum absolute atomic E-state index is 12.5. The summed E-state index contributed by atoms with van der Waals surface area (Å²) in [7, 11) is 0. The van der Waals surface area contributed by atoms with Gasteiger partial charge in [-0.2, -0.15) is 4.80 Å². The predicted molar refractivity (Wildman–Crippen MR) is 108 cm³/mol. The monoisotopic (exact) mass is 396 g/mol. The van der Waals surface area contributed by atoms with E-state index in [1.54, 1.807) is 29.1 Å². The van der Waals surface area contributed by atoms with Gasteiger partial charge >= 0.3 is 0 Å². The average Bonchev–Trinajstić information content (AvgIpc) is 3.05. The van der Waals surface area contributed by atoms with Crippen LogP contribution in [0, 0.1) is 6.92 Å². The summed E-state index contributed by atoms with van der Waals surface area (Å²) in [5.41, 5.74) is 4.41. The Hall–Kier alpha value is -2.89. The molecule has 5 nitrogen and oxygen atoms in total. The second-order valence-corrected chi connectivity index (χ2v) is 6.95. The maximum atomic E-state index is 12.5. The first-order valence-corrected chi connectivity index (χ1v) is 8.96. The number of nitrogens with zero attached hydrogens (tertiary/aromatic N) is 3. The summed E-state index contributed by atoms with van der Waals surface area (Å²) in [6.45, 7) is 2.03. The molecule has 4 aromatic rings. The molecule has 3 aromatic carbocycles. The molecule has 0 atom stereocenters. The molecule has 1 amide bonds. The van der Waals surface area contributed by atoms with Crippen LogP contribution in [0.2, 0.25) is 10.0 Å². The Morgan fingerprint density at radius 2 is 1.67 bits per heavy atom. The molecule has 0 unspecified atom stereocenters. The van der Waals surface area contributed by atoms with Gasteiger partial charge in [0.15, 0.2) is 0 Å². The van der Waals surface area contributed by atoms with E-state index in [1.807, 2.05) is 37.3 Å². The average molecular weight is 397 g/mol. The van der Waals surface area contributed by atoms with E-state index in [4.69, 9.17) is 23.2 Å². The molecule has 0 saturated carbocycles. The minimum Gasteiger partial charge on any atom is -0.322 e. The highest BCUT2D eigenvalue weighted by Crippen LogP contribution is 2.23. The second kappa shape index (κ2) is 7.02. The fraction of sp³-hybridized carbons (Fsp3) is 0.0500. The first-order valence-electron chi connectivity index (χ1n) is 8.20. The smallest absolute Gasteiger partial charge is 0.257 e. The van der Waals surface area contributed by atoms with E-state index in [9.17, 15) is 4.79 Å². The normalized spacial score (nSPS) is 10.9. The van der Waals surface area contributed by atoms with Crippen LogP contribution in [0.1, 0.15) is 15.9 Å². The zero-order valence-electron chi connectivity index (χ0n) is 14.3. The molecule has 0 bridgehead atoms. The Labute approximate surface area is 165 Å². The molecular formula is C20H14Cl2N4O. The Bertz CT molecular complexity index is 1150. The zero-order chi connectivity index (χ0) is 19.0. The standard InChI is InChI=1S/C20H14Cl2N4O/c1-12-2-6-15(7-3-12)26-24-18-9-5-14(11-19(18)25-26)23-20(27)16-8-4-13(21)10-17(16)22/h2-11H,1H3,(H,23,27). The van der Waals surface area contributed by atoms with Crippen molar-refractivity contribution in [2.75, 3.05) is 5.32 Å². The number of benzene rings is 3. The van der Waals surface area contributed by atoms with Crippen LogP contribution in [0.15, 0.2) is 60.7 Å². The summed E-state index contributed by atoms with van der Waals surface area (Å²) in [5, 5.41) is 12.6. The lowest BCUT2D eigenvalue weighted by molar-refractivity contribution is 0.102. The molecule has 1 N–H and O–H groups in total. The van der Waals surface area contributed by atoms with E-state index in [0.717, 1.165) is 11.2 Å². The van der Waals surface area contributed by atoms with Gasteiger partial charge in [-0.3, -0.25) is 4.79 Å². The molecule has 0 spiro atoms. The molecule has 1 aromatic heterocycles. The van der Waals surface area contributed by atoms with Gasteiger partial charge in [-0.15, -0.1) is 10.2 Å². The van der Waals surface area contributed by atoms with Gasteiger partial charge in [0, 0.05) is 10.7 Å². The van der Waals surface area contributed by atoms with Crippen molar-refractivity contribution >= 4 is 45.8 Å². The van der Waals surface area contributed by atoms with Crippen molar-refractivity contribution < 1.29 is 4.79 Å². The Morgan fingerprint density at radius 1 is 0.926 bits per heavy atom. The molecule has 27 heavy (non-hydrogen) atoms. The molecule has 0 saturated heterocycles. The molecule has 4 rings (SSSR count). The number of carbonyl (C=O) groups is 1. The summed E-state index contributed by atoms with van der Waals surface area (Å²) in [4.78, 5) is 14.0. The molecule has 0 radical (unpaired) electrons. The zero-order valence-corrected chi connectivity index (χ0v) is 15.8. The lowest BCUT2D eigenvalue weighted by atomic mass is 10.2. The summed E-state index contributed by atoms with van der Waals surface area (Å²) in [6, 6.07) is 18.0. The number of anilines is 1. The molecule has 0 fully saturated rings. The number of nitrogens with one attached hydrogen (secondary N) is 1. The second-order valence-electron chi connectivity index (χ2n) is 6.11. The third kappa shape index (κ3) is 3.65. The van der Waals surface area contributed by atoms with Gasteiger partial charge in [-0.25, -0.2) is 0 Å². The molecule has 134 valence electrons. The van der Waals surface area contributed by atoms with Crippen LogP contribution in [0.4, 0.5) is 5.69 Å². The number of rotatable bonds is 3. The molecule has 0 aliphatic carbocycles. The molecule has 7 heteroatoms. The lowest BCUT2D eigenvalue weighted by Crippen LogP contribution is -2.12. The molecule has 0 aliphatic heterocycles. The van der Waals surface area contributed by atoms with Crippen molar-refractivity contribution in [1.82, 2.24) is 15.0 Å². The van der Waals surface area contributed by atoms with Gasteiger partial charge in [0.1, 0.15) is 11.0 Å². The van der Waals surface area contributed by atoms with Gasteiger partial charge in [0.05, 0.1) is 16.3 Å². The van der Waals surface area contributed by atoms with Crippen LogP contribution in [-0.2, 0) is 0 Å². The maximum Gasteiger partial charge on any atom is 0.257 e. The number of carbonyl (C=O) groups excluding carboxylic acids is 1. The van der Waals surface area contributed by atoms with Crippen LogP contribution in [0.5, 0.6) is 0 Å². The van der Waals surface area contributed by atoms with E-state index < -0.39 is 0 Å². The summed E-state index contributed by atoms with van der Waals surface area (Å²) < 4.78 is 0. The molecule has 1 heterocycles. The number of hydrogen-bond donors (Lipinski definition) is 1. The van der Waals surface area contributed by atoms with Gasteiger partial charge in [0.25, 0.3) is 5.91 Å². The van der Waals surface area contributed by atoms with E-state index >= 15 is 0 Å². The number of amides is 1. The fourth-order valence-electron chi connectivity index (χ4n) is 2.66. The highest BCUT2D eigenvalue weighted by Gasteiger charge is 2.12. The number of aromatic nitrogens is 3. The number of aryl methyl sites for hydroxylation is 1. The van der Waals surface area contributed by atoms with E-state index in [0.29, 0.717) is 26.8 Å². The van der Waals surface area contributed by atoms with E-state index in [2.05, 4.69) is 15.5 Å². The first-order chi connectivity index (χ1) is 13.0. The minimum atomic E-state index is -0.318. The summed E-state index contributed by atoms with van der Waals surface area (Å²) in [5.74, 6) is -0.318. The Kier molecular flexibility index (Phi) is 4.56. The van der Waals surface area contributed by atoms with Crippen molar-refractivity contribution in [1.29, 1.82) is 0 Å². The van der Waals surface area contributed by atoms with Crippen molar-refractivity contribution in [2.45, 2.75) is 6.92 Å². The first kappa shape index (κ1) is 17.5. The van der Waals surface area contributed by atoms with Crippen molar-refractivity contribution in [3.8, 4) is 5.69 Å². The van der Waals surface area contributed by atoms with Gasteiger partial charge in [-0.1, -0.05) is 40.9 Å². The van der Waals surface area contributed by atoms with Gasteiger partial charge in [-0.05, 0) is 55.5 Å². The highest BCUT2D eigenvalue weighted by molar-refractivity contribution is 6.37. The Morgan fingerprint density at radius 3 is 2.41 bits per heavy atom. The fourth-order valence-corrected chi connectivity index (χ4v) is 3.15. The third-order valence-corrected chi connectivity index (χ3v) is 4.63. The van der Waals surface area contributed by atoms with E-state index in [1.165, 1.54) is 11.6 Å². The number of fused-ring (bicyclic) bond motifs is 1. The minimum absolute atomic E-state index is 0.298. The van der Waals surface area contributed by atoms with Crippen molar-refractivity contribution in [3.63, 3.8) is 0 Å². The summed E-state index contributed by atoms with van der Waals surface area (Å²) in [6.07, 6.45) is 0. The number of halogens is 2. The van der Waals surface area contributed by atoms with Crippen LogP contribution in [0.25, 0.3) is 16.7 Å². The van der Waals surface area contributed by atoms with Crippen LogP contribution < -0.4 is 5.32 Å². The Balaban J connectivity index is 1.61. The van der Waals surface area contributed by atoms with Crippen LogP contribution in [0.3, 0.4) is 0 Å². The SMILES string of the molecule is Cc1ccc(-n2nc3ccc(NC(=O)c4ccc(Cl)cc4Cl)cc3n2)cc1. The van der Waals surface area contributed by atoms with Gasteiger partial charge < -0.3 is 5.32 Å². The van der Waals surface area contributed by atoms with Crippen molar-refractivity contribution in [3.05, 3.63) is 81.8 Å². The van der Waals surface area contributed by atoms with Crippen molar-refractivity contribution in [2.24, 2.45) is 0 Å². The van der Waals surface area contributed by atoms with Crippen LogP contribution in [-0.4, -0.2) is 20.9 Å². The number of hydrogen-bond acceptors (Lipinski definition) is 3. The van der Waals surface area contributed by atoms with Crippen LogP contribution >= 0.6 is 23.2 Å². The quantitative estimate of drug-likeness (QED) is 0.511. The predicted octanol–water partition coefficient (Wildman–Crippen LogP) is 5.29. The van der Waals surface area contributed by atoms with Gasteiger partial charge in [0.2, 0.25) is 0 Å². The largest absolute Gasteiger partial charge is 0.322 e. The molecular weight excluding hydrogens is 383 g/mol. The third-order valence-electron chi connectivity index (χ3n) is 4.08. The summed E-state index contributed by atoms with van der Waals surface area (Å²) >= 11 is 12.0. The lowest BCUT2D eigenvalue weighted by Gasteiger charge is -2.06. The van der Waals surface area contributed by atoms with E-state index in [-0.39, 0.29) is 5.91 Å².